The SMILES string of the molecule is [B-][P+]1(OCCC#N)OC[C@H]2O[C@@H](n3cnc4c(C)ncnc43)[C@H](F)[C@@H]2OP(=S)(OCCC#N)OCC2O[C@@H](n3cnc4c(NC(=O)c5ccccc5)ncnc43)[C@H](F)[C@@H]2O1. The summed E-state index contributed by atoms with van der Waals surface area (Å²) in [5.74, 6) is -0.413. The van der Waals surface area contributed by atoms with E-state index in [9.17, 15) is 15.3 Å². The number of nitrogens with zero attached hydrogens (tertiary/aromatic N) is 10. The number of aromatic nitrogens is 8. The number of aryl methyl sites for hydroxylation is 1. The second-order valence-corrected chi connectivity index (χ2v) is 18.1. The predicted molar refractivity (Wildman–Crippen MR) is 208 cm³/mol. The van der Waals surface area contributed by atoms with E-state index in [-0.39, 0.29) is 48.7 Å². The Hall–Kier alpha value is -4.55. The van der Waals surface area contributed by atoms with Gasteiger partial charge in [-0.3, -0.25) is 18.5 Å². The highest BCUT2D eigenvalue weighted by Crippen LogP contribution is 2.62. The zero-order valence-electron chi connectivity index (χ0n) is 31.3. The molecule has 20 nitrogen and oxygen atoms in total. The lowest BCUT2D eigenvalue weighted by Gasteiger charge is -2.37. The third-order valence-electron chi connectivity index (χ3n) is 9.53. The molecule has 3 aliphatic heterocycles. The van der Waals surface area contributed by atoms with Crippen molar-refractivity contribution in [3.05, 3.63) is 66.9 Å². The van der Waals surface area contributed by atoms with E-state index in [1.165, 1.54) is 34.4 Å². The molecule has 60 heavy (non-hydrogen) atoms. The number of benzene rings is 1. The number of fused-ring (bicyclic) bond motifs is 4. The van der Waals surface area contributed by atoms with E-state index in [4.69, 9.17) is 56.0 Å². The average molecular weight is 883 g/mol. The fourth-order valence-electron chi connectivity index (χ4n) is 6.69. The van der Waals surface area contributed by atoms with Crippen LogP contribution >= 0.6 is 14.5 Å². The van der Waals surface area contributed by atoms with Gasteiger partial charge in [-0.15, -0.1) is 0 Å². The largest absolute Gasteiger partial charge is 0.346 e. The molecule has 4 aromatic heterocycles. The van der Waals surface area contributed by atoms with E-state index >= 15 is 8.78 Å². The summed E-state index contributed by atoms with van der Waals surface area (Å²) < 4.78 is 85.0. The normalized spacial score (nSPS) is 30.8. The molecule has 0 aliphatic carbocycles. The Morgan fingerprint density at radius 2 is 1.57 bits per heavy atom. The summed E-state index contributed by atoms with van der Waals surface area (Å²) in [7, 11) is 2.53. The Bertz CT molecular complexity index is 2500. The van der Waals surface area contributed by atoms with Gasteiger partial charge in [0.2, 0.25) is 0 Å². The molecule has 0 spiro atoms. The fraction of sp³-hybridized carbons (Fsp3) is 0.441. The number of rotatable bonds is 10. The maximum atomic E-state index is 17.0. The second kappa shape index (κ2) is 17.8. The van der Waals surface area contributed by atoms with Crippen LogP contribution in [-0.4, -0.2) is 116 Å². The summed E-state index contributed by atoms with van der Waals surface area (Å²) in [6, 6.07) is 12.3. The van der Waals surface area contributed by atoms with Crippen molar-refractivity contribution in [3.63, 3.8) is 0 Å². The van der Waals surface area contributed by atoms with Crippen LogP contribution in [0.4, 0.5) is 14.6 Å². The maximum Gasteiger partial charge on any atom is 0.327 e. The van der Waals surface area contributed by atoms with E-state index in [1.807, 2.05) is 12.1 Å². The molecule has 3 saturated heterocycles. The fourth-order valence-corrected chi connectivity index (χ4v) is 10.3. The molecule has 8 rings (SSSR count). The Kier molecular flexibility index (Phi) is 12.5. The van der Waals surface area contributed by atoms with Gasteiger partial charge in [0.1, 0.15) is 57.5 Å². The molecular weight excluding hydrogens is 849 g/mol. The zero-order chi connectivity index (χ0) is 42.0. The summed E-state index contributed by atoms with van der Waals surface area (Å²) in [6.45, 7) is -3.94. The maximum absolute atomic E-state index is 17.0. The molecular formula is C34H33BF2N11O9P2S. The summed E-state index contributed by atoms with van der Waals surface area (Å²) in [6.07, 6.45) is -7.90. The van der Waals surface area contributed by atoms with Gasteiger partial charge < -0.3 is 23.8 Å². The monoisotopic (exact) mass is 882 g/mol. The van der Waals surface area contributed by atoms with Crippen molar-refractivity contribution in [2.75, 3.05) is 31.7 Å². The van der Waals surface area contributed by atoms with Crippen LogP contribution in [0.3, 0.4) is 0 Å². The predicted octanol–water partition coefficient (Wildman–Crippen LogP) is 4.45. The molecule has 3 aliphatic rings. The number of anilines is 1. The number of ether oxygens (including phenoxy) is 2. The van der Waals surface area contributed by atoms with E-state index in [0.717, 1.165) is 0 Å². The van der Waals surface area contributed by atoms with Gasteiger partial charge in [-0.05, 0) is 30.9 Å². The van der Waals surface area contributed by atoms with Crippen LogP contribution in [0.25, 0.3) is 22.3 Å². The molecule has 5 aromatic rings. The van der Waals surface area contributed by atoms with Crippen molar-refractivity contribution < 1.29 is 50.2 Å². The number of hydrogen-bond acceptors (Lipinski definition) is 18. The molecule has 3 radical (unpaired) electrons. The van der Waals surface area contributed by atoms with Gasteiger partial charge in [0.05, 0.1) is 56.5 Å². The molecule has 1 amide bonds. The lowest BCUT2D eigenvalue weighted by molar-refractivity contribution is -0.0619. The number of hydrogen-bond donors (Lipinski definition) is 1. The molecule has 1 N–H and O–H groups in total. The summed E-state index contributed by atoms with van der Waals surface area (Å²) in [5.41, 5.74) is 1.80. The van der Waals surface area contributed by atoms with Crippen LogP contribution in [0.1, 0.15) is 41.3 Å². The molecule has 3 unspecified atom stereocenters. The van der Waals surface area contributed by atoms with Crippen molar-refractivity contribution in [1.82, 2.24) is 39.0 Å². The van der Waals surface area contributed by atoms with Crippen molar-refractivity contribution >= 4 is 68.0 Å². The van der Waals surface area contributed by atoms with Crippen LogP contribution in [0, 0.1) is 29.6 Å². The van der Waals surface area contributed by atoms with Crippen LogP contribution in [0.2, 0.25) is 0 Å². The molecule has 1 aromatic carbocycles. The lowest BCUT2D eigenvalue weighted by Crippen LogP contribution is -2.38. The summed E-state index contributed by atoms with van der Waals surface area (Å²) in [5, 5.41) is 21.2. The molecule has 311 valence electrons. The first kappa shape index (κ1) is 42.2. The first-order valence-corrected chi connectivity index (χ1v) is 22.4. The third-order valence-corrected chi connectivity index (χ3v) is 13.5. The number of carbonyl (C=O) groups is 1. The molecule has 10 atom stereocenters. The average Bonchev–Trinajstić information content (AvgIpc) is 4.01. The Morgan fingerprint density at radius 1 is 0.933 bits per heavy atom. The molecule has 3 fully saturated rings. The lowest BCUT2D eigenvalue weighted by atomic mass is 10.1. The number of alkyl halides is 2. The Balaban J connectivity index is 1.11. The number of nitriles is 2. The van der Waals surface area contributed by atoms with Crippen molar-refractivity contribution in [3.8, 4) is 12.1 Å². The van der Waals surface area contributed by atoms with Gasteiger partial charge in [0, 0.05) is 5.56 Å². The number of carbonyl (C=O) groups excluding carboxylic acids is 1. The van der Waals surface area contributed by atoms with Crippen molar-refractivity contribution in [1.29, 1.82) is 10.5 Å². The summed E-state index contributed by atoms with van der Waals surface area (Å²) in [4.78, 5) is 38.5. The first-order valence-electron chi connectivity index (χ1n) is 18.2. The minimum absolute atomic E-state index is 0.0522. The quantitative estimate of drug-likeness (QED) is 0.116. The standard InChI is InChI=1S/C34H32BF2N11O9P2S/c1-19-25-30(42-15-40-19)47(17-44-25)34-24(37)28-21(54-34)13-52-58(35,50-11-5-9-38)56-27-22(14-53-59(60,57-28)51-12-6-10-39)55-33(23(27)36)48-18-45-26-29(41-16-43-31(26)48)46-32(49)20-7-3-2-4-8-20/h2-4,7-8,15-18,21-24,27-28,33-34H,5-6,11-14H2,1H3/q-1/p+1/t21-,22?,23-,24-,27-,28-,33-,34-,58?,59?/m1/s1. The van der Waals surface area contributed by atoms with Crippen LogP contribution in [0.5, 0.6) is 0 Å². The number of imidazole rings is 2. The van der Waals surface area contributed by atoms with Gasteiger partial charge in [-0.1, -0.05) is 18.2 Å². The minimum atomic E-state index is -4.11. The van der Waals surface area contributed by atoms with Gasteiger partial charge >= 0.3 is 6.72 Å². The topological polar surface area (TPSA) is 238 Å². The van der Waals surface area contributed by atoms with E-state index in [2.05, 4.69) is 35.2 Å². The number of amides is 1. The highest BCUT2D eigenvalue weighted by Gasteiger charge is 2.55. The number of halogens is 2. The van der Waals surface area contributed by atoms with E-state index < -0.39 is 82.9 Å². The molecule has 7 heterocycles. The van der Waals surface area contributed by atoms with Crippen molar-refractivity contribution in [2.45, 2.75) is 69.0 Å². The van der Waals surface area contributed by atoms with Gasteiger partial charge in [0.25, 0.3) is 5.91 Å². The molecule has 0 saturated carbocycles. The van der Waals surface area contributed by atoms with Gasteiger partial charge in [-0.25, -0.2) is 52.3 Å². The summed E-state index contributed by atoms with van der Waals surface area (Å²) >= 11 is 5.77. The minimum Gasteiger partial charge on any atom is -0.346 e. The van der Waals surface area contributed by atoms with Gasteiger partial charge in [0.15, 0.2) is 53.5 Å². The smallest absolute Gasteiger partial charge is 0.327 e. The van der Waals surface area contributed by atoms with Crippen LogP contribution in [-0.2, 0) is 48.4 Å². The Labute approximate surface area is 346 Å². The van der Waals surface area contributed by atoms with E-state index in [1.54, 1.807) is 37.3 Å². The molecule has 0 bridgehead atoms. The third kappa shape index (κ3) is 8.51. The number of nitrogens with one attached hydrogen (secondary N) is 1. The highest BCUT2D eigenvalue weighted by atomic mass is 32.5. The highest BCUT2D eigenvalue weighted by molar-refractivity contribution is 8.07. The van der Waals surface area contributed by atoms with Gasteiger partial charge in [-0.2, -0.15) is 18.1 Å². The van der Waals surface area contributed by atoms with Crippen LogP contribution < -0.4 is 5.32 Å². The first-order chi connectivity index (χ1) is 29.0. The Morgan fingerprint density at radius 3 is 2.28 bits per heavy atom. The second-order valence-electron chi connectivity index (χ2n) is 13.4. The molecule has 26 heteroatoms. The van der Waals surface area contributed by atoms with Crippen molar-refractivity contribution in [2.24, 2.45) is 0 Å². The van der Waals surface area contributed by atoms with E-state index in [0.29, 0.717) is 16.8 Å². The zero-order valence-corrected chi connectivity index (χ0v) is 33.9. The van der Waals surface area contributed by atoms with Crippen LogP contribution in [0.15, 0.2) is 55.6 Å².